The van der Waals surface area contributed by atoms with Crippen molar-refractivity contribution in [1.82, 2.24) is 4.90 Å². The van der Waals surface area contributed by atoms with Crippen molar-refractivity contribution in [2.24, 2.45) is 5.92 Å². The number of likely N-dealkylation sites (N-methyl/N-ethyl adjacent to an activating group) is 1. The van der Waals surface area contributed by atoms with Crippen LogP contribution in [0.1, 0.15) is 17.5 Å². The minimum absolute atomic E-state index is 0.239. The molecule has 1 fully saturated rings. The first-order valence-electron chi connectivity index (χ1n) is 8.76. The molecule has 6 nitrogen and oxygen atoms in total. The largest absolute Gasteiger partial charge is 0.482 e. The number of nitrogens with zero attached hydrogens (tertiary/aromatic N) is 1. The first kappa shape index (κ1) is 15.2. The zero-order chi connectivity index (χ0) is 17.3. The van der Waals surface area contributed by atoms with Crippen LogP contribution in [0.2, 0.25) is 0 Å². The van der Waals surface area contributed by atoms with E-state index < -0.39 is 18.7 Å². The average Bonchev–Trinajstić information content (AvgIpc) is 2.94. The van der Waals surface area contributed by atoms with E-state index in [4.69, 9.17) is 14.6 Å². The lowest BCUT2D eigenvalue weighted by atomic mass is 9.53. The van der Waals surface area contributed by atoms with Crippen molar-refractivity contribution in [2.75, 3.05) is 20.2 Å². The SMILES string of the molecule is CN1CC[C@]23c4c5ccc(OCC(=O)O)c4OC2C(O)C=CC3[C@H]1C5. The van der Waals surface area contributed by atoms with Gasteiger partial charge in [0.2, 0.25) is 0 Å². The number of ether oxygens (including phenoxy) is 2. The van der Waals surface area contributed by atoms with Crippen LogP contribution in [-0.2, 0) is 16.6 Å². The van der Waals surface area contributed by atoms with Gasteiger partial charge in [0.25, 0.3) is 0 Å². The van der Waals surface area contributed by atoms with E-state index in [-0.39, 0.29) is 11.5 Å². The highest BCUT2D eigenvalue weighted by Crippen LogP contribution is 2.62. The van der Waals surface area contributed by atoms with Crippen molar-refractivity contribution in [3.05, 3.63) is 35.4 Å². The molecule has 132 valence electrons. The Morgan fingerprint density at radius 3 is 3.08 bits per heavy atom. The number of hydrogen-bond donors (Lipinski definition) is 2. The summed E-state index contributed by atoms with van der Waals surface area (Å²) in [5.74, 6) is 0.383. The summed E-state index contributed by atoms with van der Waals surface area (Å²) in [6, 6.07) is 4.24. The molecule has 2 bridgehead atoms. The number of aliphatic hydroxyl groups excluding tert-OH is 1. The summed E-state index contributed by atoms with van der Waals surface area (Å²) in [4.78, 5) is 13.3. The monoisotopic (exact) mass is 343 g/mol. The van der Waals surface area contributed by atoms with Crippen LogP contribution in [0.5, 0.6) is 11.5 Å². The Bertz CT molecular complexity index is 790. The Morgan fingerprint density at radius 1 is 1.44 bits per heavy atom. The first-order chi connectivity index (χ1) is 12.0. The van der Waals surface area contributed by atoms with Crippen LogP contribution in [0.4, 0.5) is 0 Å². The minimum atomic E-state index is -1.02. The third-order valence-corrected chi connectivity index (χ3v) is 6.49. The zero-order valence-electron chi connectivity index (χ0n) is 14.0. The minimum Gasteiger partial charge on any atom is -0.482 e. The number of benzene rings is 1. The van der Waals surface area contributed by atoms with Gasteiger partial charge in [-0.2, -0.15) is 0 Å². The van der Waals surface area contributed by atoms with Gasteiger partial charge in [0, 0.05) is 22.9 Å². The summed E-state index contributed by atoms with van der Waals surface area (Å²) in [7, 11) is 2.16. The highest BCUT2D eigenvalue weighted by atomic mass is 16.5. The molecule has 2 heterocycles. The number of piperidine rings is 1. The van der Waals surface area contributed by atoms with Crippen molar-refractivity contribution in [3.8, 4) is 11.5 Å². The van der Waals surface area contributed by atoms with Gasteiger partial charge in [0.05, 0.1) is 0 Å². The van der Waals surface area contributed by atoms with Crippen LogP contribution in [0.15, 0.2) is 24.3 Å². The van der Waals surface area contributed by atoms with Crippen LogP contribution < -0.4 is 9.47 Å². The van der Waals surface area contributed by atoms with Gasteiger partial charge in [-0.3, -0.25) is 0 Å². The fourth-order valence-electron chi connectivity index (χ4n) is 5.48. The van der Waals surface area contributed by atoms with Crippen molar-refractivity contribution >= 4 is 5.97 Å². The molecule has 1 aromatic carbocycles. The molecule has 2 aliphatic carbocycles. The molecule has 1 saturated heterocycles. The standard InChI is InChI=1S/C19H21NO5/c1-20-7-6-19-11-3-4-13(21)18(19)25-17-14(24-9-15(22)23)5-2-10(16(17)19)8-12(11)20/h2-5,11-13,18,21H,6-9H2,1H3,(H,22,23)/t11?,12-,13?,18?,19+/m1/s1. The molecule has 1 spiro atoms. The summed E-state index contributed by atoms with van der Waals surface area (Å²) >= 11 is 0. The number of carboxylic acid groups (broad SMARTS) is 1. The lowest BCUT2D eigenvalue weighted by Crippen LogP contribution is -2.64. The maximum absolute atomic E-state index is 10.9. The molecule has 0 amide bonds. The van der Waals surface area contributed by atoms with Gasteiger partial charge in [-0.1, -0.05) is 18.2 Å². The predicted octanol–water partition coefficient (Wildman–Crippen LogP) is 0.956. The van der Waals surface area contributed by atoms with Gasteiger partial charge in [0.15, 0.2) is 18.1 Å². The molecular formula is C19H21NO5. The van der Waals surface area contributed by atoms with E-state index in [0.29, 0.717) is 23.5 Å². The summed E-state index contributed by atoms with van der Waals surface area (Å²) in [6.07, 6.45) is 4.87. The van der Waals surface area contributed by atoms with Crippen LogP contribution >= 0.6 is 0 Å². The second-order valence-corrected chi connectivity index (χ2v) is 7.59. The number of likely N-dealkylation sites (tertiary alicyclic amines) is 1. The van der Waals surface area contributed by atoms with E-state index in [1.807, 2.05) is 12.1 Å². The Kier molecular flexibility index (Phi) is 3.04. The van der Waals surface area contributed by atoms with Crippen LogP contribution in [-0.4, -0.2) is 59.5 Å². The van der Waals surface area contributed by atoms with Crippen molar-refractivity contribution in [3.63, 3.8) is 0 Å². The maximum atomic E-state index is 10.9. The molecule has 2 aliphatic heterocycles. The molecule has 0 saturated carbocycles. The average molecular weight is 343 g/mol. The lowest BCUT2D eigenvalue weighted by molar-refractivity contribution is -0.139. The highest BCUT2D eigenvalue weighted by Gasteiger charge is 2.64. The highest BCUT2D eigenvalue weighted by molar-refractivity contribution is 5.69. The topological polar surface area (TPSA) is 79.2 Å². The molecule has 0 radical (unpaired) electrons. The van der Waals surface area contributed by atoms with E-state index in [0.717, 1.165) is 24.9 Å². The summed E-state index contributed by atoms with van der Waals surface area (Å²) in [5.41, 5.74) is 2.13. The third-order valence-electron chi connectivity index (χ3n) is 6.49. The number of carbonyl (C=O) groups is 1. The van der Waals surface area contributed by atoms with Crippen LogP contribution in [0.3, 0.4) is 0 Å². The molecule has 6 heteroatoms. The number of aliphatic carboxylic acids is 1. The van der Waals surface area contributed by atoms with Gasteiger partial charge >= 0.3 is 5.97 Å². The Balaban J connectivity index is 1.69. The molecular weight excluding hydrogens is 322 g/mol. The smallest absolute Gasteiger partial charge is 0.341 e. The molecule has 1 aromatic rings. The molecule has 4 aliphatic rings. The zero-order valence-corrected chi connectivity index (χ0v) is 14.0. The quantitative estimate of drug-likeness (QED) is 0.796. The van der Waals surface area contributed by atoms with E-state index >= 15 is 0 Å². The van der Waals surface area contributed by atoms with Gasteiger partial charge in [-0.05, 0) is 38.1 Å². The molecule has 5 rings (SSSR count). The lowest BCUT2D eigenvalue weighted by Gasteiger charge is -2.56. The van der Waals surface area contributed by atoms with Gasteiger partial charge < -0.3 is 24.6 Å². The van der Waals surface area contributed by atoms with Crippen molar-refractivity contribution in [1.29, 1.82) is 0 Å². The molecule has 5 atom stereocenters. The normalized spacial score (nSPS) is 37.4. The van der Waals surface area contributed by atoms with E-state index in [9.17, 15) is 9.90 Å². The fourth-order valence-corrected chi connectivity index (χ4v) is 5.48. The summed E-state index contributed by atoms with van der Waals surface area (Å²) < 4.78 is 11.7. The van der Waals surface area contributed by atoms with Gasteiger partial charge in [-0.25, -0.2) is 4.79 Å². The number of rotatable bonds is 3. The second kappa shape index (κ2) is 4.99. The number of carboxylic acids is 1. The molecule has 25 heavy (non-hydrogen) atoms. The van der Waals surface area contributed by atoms with Crippen molar-refractivity contribution < 1.29 is 24.5 Å². The van der Waals surface area contributed by atoms with Gasteiger partial charge in [0.1, 0.15) is 12.2 Å². The van der Waals surface area contributed by atoms with Gasteiger partial charge in [-0.15, -0.1) is 0 Å². The maximum Gasteiger partial charge on any atom is 0.341 e. The van der Waals surface area contributed by atoms with Crippen LogP contribution in [0, 0.1) is 5.92 Å². The second-order valence-electron chi connectivity index (χ2n) is 7.59. The first-order valence-corrected chi connectivity index (χ1v) is 8.76. The number of aliphatic hydroxyl groups is 1. The fraction of sp³-hybridized carbons (Fsp3) is 0.526. The molecule has 2 N–H and O–H groups in total. The predicted molar refractivity (Wildman–Crippen MR) is 89.0 cm³/mol. The van der Waals surface area contributed by atoms with E-state index in [1.54, 1.807) is 6.07 Å². The molecule has 3 unspecified atom stereocenters. The van der Waals surface area contributed by atoms with E-state index in [1.165, 1.54) is 5.56 Å². The Morgan fingerprint density at radius 2 is 2.28 bits per heavy atom. The summed E-state index contributed by atoms with van der Waals surface area (Å²) in [6.45, 7) is 0.559. The van der Waals surface area contributed by atoms with Crippen molar-refractivity contribution in [2.45, 2.75) is 36.5 Å². The Labute approximate surface area is 145 Å². The number of hydrogen-bond acceptors (Lipinski definition) is 5. The molecule has 0 aromatic heterocycles. The Hall–Kier alpha value is -2.05. The summed E-state index contributed by atoms with van der Waals surface area (Å²) in [5, 5.41) is 19.5. The van der Waals surface area contributed by atoms with E-state index in [2.05, 4.69) is 18.0 Å². The van der Waals surface area contributed by atoms with Crippen LogP contribution in [0.25, 0.3) is 0 Å². The third kappa shape index (κ3) is 1.84.